The predicted molar refractivity (Wildman–Crippen MR) is 74.5 cm³/mol. The van der Waals surface area contributed by atoms with Gasteiger partial charge in [-0.2, -0.15) is 0 Å². The van der Waals surface area contributed by atoms with Crippen molar-refractivity contribution in [1.82, 2.24) is 0 Å². The van der Waals surface area contributed by atoms with Crippen molar-refractivity contribution in [3.8, 4) is 0 Å². The first-order valence-corrected chi connectivity index (χ1v) is 7.04. The molecule has 0 bridgehead atoms. The average Bonchev–Trinajstić information content (AvgIpc) is 3.16. The van der Waals surface area contributed by atoms with Crippen LogP contribution in [0.3, 0.4) is 0 Å². The SMILES string of the molecule is CCOC(=O)C1CC1(C(=O)OCC)c1cccc(Cl)c1. The molecule has 1 aliphatic carbocycles. The lowest BCUT2D eigenvalue weighted by Gasteiger charge is -2.16. The molecule has 1 aromatic carbocycles. The van der Waals surface area contributed by atoms with Gasteiger partial charge in [-0.15, -0.1) is 0 Å². The van der Waals surface area contributed by atoms with E-state index in [1.165, 1.54) is 0 Å². The molecule has 0 radical (unpaired) electrons. The van der Waals surface area contributed by atoms with Crippen LogP contribution in [0.15, 0.2) is 24.3 Å². The minimum Gasteiger partial charge on any atom is -0.466 e. The minimum atomic E-state index is -0.937. The summed E-state index contributed by atoms with van der Waals surface area (Å²) >= 11 is 5.98. The first-order chi connectivity index (χ1) is 9.56. The number of benzene rings is 1. The third kappa shape index (κ3) is 2.52. The van der Waals surface area contributed by atoms with E-state index in [9.17, 15) is 9.59 Å². The van der Waals surface area contributed by atoms with Gasteiger partial charge < -0.3 is 9.47 Å². The highest BCUT2D eigenvalue weighted by Crippen LogP contribution is 2.56. The summed E-state index contributed by atoms with van der Waals surface area (Å²) in [7, 11) is 0. The van der Waals surface area contributed by atoms with Crippen molar-refractivity contribution in [2.24, 2.45) is 5.92 Å². The van der Waals surface area contributed by atoms with Crippen molar-refractivity contribution < 1.29 is 19.1 Å². The van der Waals surface area contributed by atoms with E-state index in [1.54, 1.807) is 38.1 Å². The van der Waals surface area contributed by atoms with Gasteiger partial charge in [0, 0.05) is 5.02 Å². The highest BCUT2D eigenvalue weighted by Gasteiger charge is 2.66. The van der Waals surface area contributed by atoms with Gasteiger partial charge in [-0.1, -0.05) is 23.7 Å². The van der Waals surface area contributed by atoms with E-state index < -0.39 is 11.3 Å². The molecule has 1 aromatic rings. The lowest BCUT2D eigenvalue weighted by atomic mass is 9.93. The Hall–Kier alpha value is -1.55. The maximum Gasteiger partial charge on any atom is 0.317 e. The molecule has 0 aromatic heterocycles. The van der Waals surface area contributed by atoms with Crippen LogP contribution >= 0.6 is 11.6 Å². The molecular weight excluding hydrogens is 280 g/mol. The quantitative estimate of drug-likeness (QED) is 0.784. The smallest absolute Gasteiger partial charge is 0.317 e. The molecular formula is C15H17ClO4. The third-order valence-corrected chi connectivity index (χ3v) is 3.75. The van der Waals surface area contributed by atoms with Crippen LogP contribution in [0.1, 0.15) is 25.8 Å². The molecule has 0 saturated heterocycles. The van der Waals surface area contributed by atoms with Gasteiger partial charge in [-0.25, -0.2) is 0 Å². The summed E-state index contributed by atoms with van der Waals surface area (Å²) in [4.78, 5) is 24.2. The van der Waals surface area contributed by atoms with Crippen molar-refractivity contribution in [2.75, 3.05) is 13.2 Å². The lowest BCUT2D eigenvalue weighted by Crippen LogP contribution is -2.28. The van der Waals surface area contributed by atoms with Crippen molar-refractivity contribution in [2.45, 2.75) is 25.7 Å². The summed E-state index contributed by atoms with van der Waals surface area (Å²) in [6, 6.07) is 6.99. The summed E-state index contributed by atoms with van der Waals surface area (Å²) in [6.45, 7) is 4.05. The van der Waals surface area contributed by atoms with Crippen molar-refractivity contribution >= 4 is 23.5 Å². The molecule has 0 N–H and O–H groups in total. The Balaban J connectivity index is 2.33. The fraction of sp³-hybridized carbons (Fsp3) is 0.467. The number of carbonyl (C=O) groups is 2. The van der Waals surface area contributed by atoms with Crippen LogP contribution in [0.5, 0.6) is 0 Å². The molecule has 0 amide bonds. The Bertz CT molecular complexity index is 528. The van der Waals surface area contributed by atoms with Gasteiger partial charge >= 0.3 is 11.9 Å². The Kier molecular flexibility index (Phi) is 4.33. The summed E-state index contributed by atoms with van der Waals surface area (Å²) in [6.07, 6.45) is 0.408. The second-order valence-corrected chi connectivity index (χ2v) is 5.15. The molecule has 0 spiro atoms. The fourth-order valence-electron chi connectivity index (χ4n) is 2.48. The minimum absolute atomic E-state index is 0.274. The first-order valence-electron chi connectivity index (χ1n) is 6.66. The highest BCUT2D eigenvalue weighted by molar-refractivity contribution is 6.30. The van der Waals surface area contributed by atoms with Crippen LogP contribution < -0.4 is 0 Å². The van der Waals surface area contributed by atoms with E-state index in [-0.39, 0.29) is 18.5 Å². The van der Waals surface area contributed by atoms with Crippen molar-refractivity contribution in [3.63, 3.8) is 0 Å². The second kappa shape index (κ2) is 5.83. The van der Waals surface area contributed by atoms with Crippen LogP contribution in [0.2, 0.25) is 5.02 Å². The van der Waals surface area contributed by atoms with Gasteiger partial charge in [0.05, 0.1) is 19.1 Å². The zero-order valence-electron chi connectivity index (χ0n) is 11.5. The number of esters is 2. The predicted octanol–water partition coefficient (Wildman–Crippen LogP) is 2.72. The lowest BCUT2D eigenvalue weighted by molar-refractivity contribution is -0.152. The van der Waals surface area contributed by atoms with Crippen LogP contribution in [-0.4, -0.2) is 25.2 Å². The van der Waals surface area contributed by atoms with Gasteiger partial charge in [-0.05, 0) is 38.0 Å². The van der Waals surface area contributed by atoms with E-state index in [4.69, 9.17) is 21.1 Å². The molecule has 108 valence electrons. The molecule has 2 unspecified atom stereocenters. The number of hydrogen-bond acceptors (Lipinski definition) is 4. The maximum absolute atomic E-state index is 12.3. The van der Waals surface area contributed by atoms with Crippen LogP contribution in [0.25, 0.3) is 0 Å². The zero-order valence-corrected chi connectivity index (χ0v) is 12.3. The third-order valence-electron chi connectivity index (χ3n) is 3.51. The molecule has 5 heteroatoms. The van der Waals surface area contributed by atoms with Gasteiger partial charge in [0.15, 0.2) is 0 Å². The van der Waals surface area contributed by atoms with Crippen LogP contribution in [0.4, 0.5) is 0 Å². The summed E-state index contributed by atoms with van der Waals surface area (Å²) in [5.74, 6) is -1.24. The molecule has 2 atom stereocenters. The monoisotopic (exact) mass is 296 g/mol. The Morgan fingerprint density at radius 1 is 1.30 bits per heavy atom. The molecule has 0 heterocycles. The summed E-state index contributed by atoms with van der Waals surface area (Å²) in [5.41, 5.74) is -0.228. The maximum atomic E-state index is 12.3. The Morgan fingerprint density at radius 3 is 2.60 bits per heavy atom. The van der Waals surface area contributed by atoms with Crippen LogP contribution in [-0.2, 0) is 24.5 Å². The topological polar surface area (TPSA) is 52.6 Å². The van der Waals surface area contributed by atoms with Crippen LogP contribution in [0, 0.1) is 5.92 Å². The molecule has 1 saturated carbocycles. The Morgan fingerprint density at radius 2 is 2.00 bits per heavy atom. The first kappa shape index (κ1) is 14.9. The van der Waals surface area contributed by atoms with E-state index >= 15 is 0 Å². The molecule has 1 fully saturated rings. The van der Waals surface area contributed by atoms with E-state index in [0.29, 0.717) is 23.6 Å². The fourth-order valence-corrected chi connectivity index (χ4v) is 2.67. The zero-order chi connectivity index (χ0) is 14.8. The van der Waals surface area contributed by atoms with E-state index in [0.717, 1.165) is 0 Å². The van der Waals surface area contributed by atoms with E-state index in [2.05, 4.69) is 0 Å². The summed E-state index contributed by atoms with van der Waals surface area (Å²) < 4.78 is 10.2. The number of carbonyl (C=O) groups excluding carboxylic acids is 2. The summed E-state index contributed by atoms with van der Waals surface area (Å²) in [5, 5.41) is 0.528. The second-order valence-electron chi connectivity index (χ2n) is 4.71. The molecule has 1 aliphatic rings. The number of ether oxygens (including phenoxy) is 2. The molecule has 0 aliphatic heterocycles. The number of rotatable bonds is 5. The average molecular weight is 297 g/mol. The standard InChI is InChI=1S/C15H17ClO4/c1-3-19-13(17)12-9-15(12,14(18)20-4-2)10-6-5-7-11(16)8-10/h5-8,12H,3-4,9H2,1-2H3. The van der Waals surface area contributed by atoms with Gasteiger partial charge in [0.25, 0.3) is 0 Å². The number of hydrogen-bond donors (Lipinski definition) is 0. The van der Waals surface area contributed by atoms with E-state index in [1.807, 2.05) is 0 Å². The number of halogens is 1. The highest BCUT2D eigenvalue weighted by atomic mass is 35.5. The molecule has 2 rings (SSSR count). The van der Waals surface area contributed by atoms with Gasteiger partial charge in [0.1, 0.15) is 5.41 Å². The normalized spacial score (nSPS) is 24.1. The van der Waals surface area contributed by atoms with Gasteiger partial charge in [-0.3, -0.25) is 9.59 Å². The molecule has 4 nitrogen and oxygen atoms in total. The largest absolute Gasteiger partial charge is 0.466 e. The van der Waals surface area contributed by atoms with Gasteiger partial charge in [0.2, 0.25) is 0 Å². The van der Waals surface area contributed by atoms with Crippen molar-refractivity contribution in [1.29, 1.82) is 0 Å². The molecule has 20 heavy (non-hydrogen) atoms. The Labute approximate surface area is 123 Å². The van der Waals surface area contributed by atoms with Crippen molar-refractivity contribution in [3.05, 3.63) is 34.9 Å².